The summed E-state index contributed by atoms with van der Waals surface area (Å²) in [6.07, 6.45) is 4.21. The highest BCUT2D eigenvalue weighted by Crippen LogP contribution is 2.07. The highest BCUT2D eigenvalue weighted by atomic mass is 15.3. The van der Waals surface area contributed by atoms with Crippen LogP contribution in [0.4, 0.5) is 0 Å². The molecule has 1 N–H and O–H groups in total. The molecule has 1 aromatic heterocycles. The Morgan fingerprint density at radius 2 is 2.53 bits per heavy atom. The van der Waals surface area contributed by atoms with Crippen molar-refractivity contribution in [2.24, 2.45) is 7.05 Å². The molecule has 1 fully saturated rings. The quantitative estimate of drug-likeness (QED) is 0.758. The largest absolute Gasteiger partial charge is 0.313 e. The second-order valence-corrected chi connectivity index (χ2v) is 4.29. The molecule has 1 unspecified atom stereocenters. The zero-order valence-electron chi connectivity index (χ0n) is 9.48. The molecule has 1 aliphatic rings. The van der Waals surface area contributed by atoms with E-state index >= 15 is 0 Å². The summed E-state index contributed by atoms with van der Waals surface area (Å²) in [6, 6.07) is 0.656. The fourth-order valence-electron chi connectivity index (χ4n) is 2.06. The minimum absolute atomic E-state index is 0.656. The van der Waals surface area contributed by atoms with Crippen LogP contribution in [0.1, 0.15) is 18.7 Å². The van der Waals surface area contributed by atoms with Gasteiger partial charge in [-0.15, -0.1) is 0 Å². The van der Waals surface area contributed by atoms with Gasteiger partial charge in [0.15, 0.2) is 0 Å². The molecule has 5 nitrogen and oxygen atoms in total. The van der Waals surface area contributed by atoms with Gasteiger partial charge in [0, 0.05) is 19.6 Å². The van der Waals surface area contributed by atoms with E-state index in [-0.39, 0.29) is 0 Å². The van der Waals surface area contributed by atoms with Crippen molar-refractivity contribution in [2.75, 3.05) is 20.1 Å². The molecule has 0 spiro atoms. The number of aryl methyl sites for hydroxylation is 1. The summed E-state index contributed by atoms with van der Waals surface area (Å²) < 4.78 is 1.83. The Morgan fingerprint density at radius 1 is 1.67 bits per heavy atom. The van der Waals surface area contributed by atoms with E-state index in [4.69, 9.17) is 0 Å². The van der Waals surface area contributed by atoms with Gasteiger partial charge in [0.1, 0.15) is 12.2 Å². The summed E-state index contributed by atoms with van der Waals surface area (Å²) >= 11 is 0. The van der Waals surface area contributed by atoms with Crippen LogP contribution in [0, 0.1) is 0 Å². The molecule has 2 heterocycles. The molecule has 2 rings (SSSR count). The Balaban J connectivity index is 1.81. The van der Waals surface area contributed by atoms with E-state index in [9.17, 15) is 0 Å². The van der Waals surface area contributed by atoms with Gasteiger partial charge in [0.2, 0.25) is 0 Å². The predicted octanol–water partition coefficient (Wildman–Crippen LogP) is -0.00110. The fraction of sp³-hybridized carbons (Fsp3) is 0.800. The number of hydrogen-bond donors (Lipinski definition) is 1. The minimum atomic E-state index is 0.656. The van der Waals surface area contributed by atoms with Crippen LogP contribution in [-0.4, -0.2) is 45.8 Å². The van der Waals surface area contributed by atoms with E-state index in [2.05, 4.69) is 27.3 Å². The molecule has 1 aliphatic heterocycles. The van der Waals surface area contributed by atoms with Crippen molar-refractivity contribution in [1.82, 2.24) is 25.0 Å². The number of likely N-dealkylation sites (N-methyl/N-ethyl adjacent to an activating group) is 1. The molecule has 1 aromatic rings. The molecule has 1 saturated heterocycles. The van der Waals surface area contributed by atoms with Crippen molar-refractivity contribution in [3.63, 3.8) is 0 Å². The van der Waals surface area contributed by atoms with E-state index in [0.29, 0.717) is 6.04 Å². The van der Waals surface area contributed by atoms with Crippen molar-refractivity contribution < 1.29 is 0 Å². The smallest absolute Gasteiger partial charge is 0.140 e. The summed E-state index contributed by atoms with van der Waals surface area (Å²) in [7, 11) is 4.07. The number of rotatable bonds is 4. The van der Waals surface area contributed by atoms with Gasteiger partial charge in [-0.3, -0.25) is 9.58 Å². The van der Waals surface area contributed by atoms with Crippen molar-refractivity contribution >= 4 is 0 Å². The lowest BCUT2D eigenvalue weighted by atomic mass is 10.2. The first-order valence-electron chi connectivity index (χ1n) is 5.50. The summed E-state index contributed by atoms with van der Waals surface area (Å²) in [5.41, 5.74) is 0. The van der Waals surface area contributed by atoms with Crippen molar-refractivity contribution in [1.29, 1.82) is 0 Å². The summed E-state index contributed by atoms with van der Waals surface area (Å²) in [5, 5.41) is 7.56. The number of nitrogens with zero attached hydrogens (tertiary/aromatic N) is 4. The van der Waals surface area contributed by atoms with Crippen LogP contribution < -0.4 is 5.32 Å². The fourth-order valence-corrected chi connectivity index (χ4v) is 2.06. The highest BCUT2D eigenvalue weighted by Gasteiger charge is 2.16. The van der Waals surface area contributed by atoms with Gasteiger partial charge in [-0.1, -0.05) is 0 Å². The van der Waals surface area contributed by atoms with E-state index in [0.717, 1.165) is 18.9 Å². The van der Waals surface area contributed by atoms with Crippen LogP contribution in [0.5, 0.6) is 0 Å². The van der Waals surface area contributed by atoms with Crippen molar-refractivity contribution in [3.8, 4) is 0 Å². The molecule has 1 atom stereocenters. The van der Waals surface area contributed by atoms with Crippen LogP contribution in [0.25, 0.3) is 0 Å². The van der Waals surface area contributed by atoms with Crippen LogP contribution in [-0.2, 0) is 13.6 Å². The van der Waals surface area contributed by atoms with Gasteiger partial charge in [-0.2, -0.15) is 5.10 Å². The zero-order chi connectivity index (χ0) is 10.7. The SMILES string of the molecule is CN(Cc1ncnn1C)CC1CCCN1. The lowest BCUT2D eigenvalue weighted by Crippen LogP contribution is -2.35. The standard InChI is InChI=1S/C10H19N5/c1-14(6-9-4-3-5-11-9)7-10-12-8-13-15(10)2/h8-9,11H,3-7H2,1-2H3. The number of hydrogen-bond acceptors (Lipinski definition) is 4. The third-order valence-corrected chi connectivity index (χ3v) is 2.91. The molecule has 0 radical (unpaired) electrons. The molecule has 0 aromatic carbocycles. The van der Waals surface area contributed by atoms with Crippen LogP contribution in [0.3, 0.4) is 0 Å². The Kier molecular flexibility index (Phi) is 3.33. The Bertz CT molecular complexity index is 303. The average molecular weight is 209 g/mol. The van der Waals surface area contributed by atoms with Gasteiger partial charge >= 0.3 is 0 Å². The Morgan fingerprint density at radius 3 is 3.13 bits per heavy atom. The van der Waals surface area contributed by atoms with E-state index < -0.39 is 0 Å². The maximum Gasteiger partial charge on any atom is 0.140 e. The lowest BCUT2D eigenvalue weighted by Gasteiger charge is -2.20. The van der Waals surface area contributed by atoms with Crippen molar-refractivity contribution in [2.45, 2.75) is 25.4 Å². The Labute approximate surface area is 90.5 Å². The van der Waals surface area contributed by atoms with Crippen LogP contribution in [0.2, 0.25) is 0 Å². The molecule has 15 heavy (non-hydrogen) atoms. The van der Waals surface area contributed by atoms with E-state index in [1.807, 2.05) is 11.7 Å². The summed E-state index contributed by atoms with van der Waals surface area (Å²) in [4.78, 5) is 6.52. The number of nitrogens with one attached hydrogen (secondary N) is 1. The minimum Gasteiger partial charge on any atom is -0.313 e. The van der Waals surface area contributed by atoms with Crippen LogP contribution >= 0.6 is 0 Å². The van der Waals surface area contributed by atoms with Gasteiger partial charge in [0.25, 0.3) is 0 Å². The molecule has 0 bridgehead atoms. The molecular weight excluding hydrogens is 190 g/mol. The normalized spacial score (nSPS) is 21.4. The Hall–Kier alpha value is -0.940. The third kappa shape index (κ3) is 2.76. The maximum absolute atomic E-state index is 4.22. The summed E-state index contributed by atoms with van der Waals surface area (Å²) in [5.74, 6) is 1.02. The number of aromatic nitrogens is 3. The topological polar surface area (TPSA) is 46.0 Å². The highest BCUT2D eigenvalue weighted by molar-refractivity contribution is 4.84. The van der Waals surface area contributed by atoms with Crippen LogP contribution in [0.15, 0.2) is 6.33 Å². The van der Waals surface area contributed by atoms with Gasteiger partial charge < -0.3 is 5.32 Å². The molecule has 0 saturated carbocycles. The van der Waals surface area contributed by atoms with Gasteiger partial charge in [-0.05, 0) is 26.4 Å². The molecule has 0 amide bonds. The van der Waals surface area contributed by atoms with Crippen molar-refractivity contribution in [3.05, 3.63) is 12.2 Å². The van der Waals surface area contributed by atoms with Gasteiger partial charge in [0.05, 0.1) is 6.54 Å². The monoisotopic (exact) mass is 209 g/mol. The maximum atomic E-state index is 4.22. The first-order valence-corrected chi connectivity index (χ1v) is 5.50. The van der Waals surface area contributed by atoms with E-state index in [1.165, 1.54) is 19.4 Å². The van der Waals surface area contributed by atoms with Gasteiger partial charge in [-0.25, -0.2) is 4.98 Å². The zero-order valence-corrected chi connectivity index (χ0v) is 9.48. The van der Waals surface area contributed by atoms with E-state index in [1.54, 1.807) is 6.33 Å². The molecular formula is C10H19N5. The second-order valence-electron chi connectivity index (χ2n) is 4.29. The second kappa shape index (κ2) is 4.72. The predicted molar refractivity (Wildman–Crippen MR) is 58.4 cm³/mol. The summed E-state index contributed by atoms with van der Waals surface area (Å²) in [6.45, 7) is 3.13. The third-order valence-electron chi connectivity index (χ3n) is 2.91. The molecule has 5 heteroatoms. The first-order chi connectivity index (χ1) is 7.25. The average Bonchev–Trinajstić information content (AvgIpc) is 2.79. The lowest BCUT2D eigenvalue weighted by molar-refractivity contribution is 0.282. The molecule has 84 valence electrons. The first kappa shape index (κ1) is 10.6. The molecule has 0 aliphatic carbocycles.